The summed E-state index contributed by atoms with van der Waals surface area (Å²) < 4.78 is 17.8. The van der Waals surface area contributed by atoms with Gasteiger partial charge in [-0.3, -0.25) is 0 Å². The highest BCUT2D eigenvalue weighted by Crippen LogP contribution is 2.36. The minimum absolute atomic E-state index is 0.0297. The summed E-state index contributed by atoms with van der Waals surface area (Å²) in [5.74, 6) is 7.67. The molecule has 4 nitrogen and oxygen atoms in total. The number of hydrogen-bond donors (Lipinski definition) is 0. The fourth-order valence-electron chi connectivity index (χ4n) is 2.54. The smallest absolute Gasteiger partial charge is 0.192 e. The van der Waals surface area contributed by atoms with Crippen molar-refractivity contribution >= 4 is 8.32 Å². The van der Waals surface area contributed by atoms with E-state index in [1.807, 2.05) is 19.1 Å². The number of rotatable bonds is 7. The van der Waals surface area contributed by atoms with Gasteiger partial charge in [0.25, 0.3) is 0 Å². The molecule has 150 valence electrons. The molecule has 1 atom stereocenters. The van der Waals surface area contributed by atoms with Crippen LogP contribution in [0.15, 0.2) is 18.3 Å². The summed E-state index contributed by atoms with van der Waals surface area (Å²) in [6.45, 7) is 16.5. The van der Waals surface area contributed by atoms with Gasteiger partial charge in [0, 0.05) is 0 Å². The third-order valence-corrected chi connectivity index (χ3v) is 10.0. The second kappa shape index (κ2) is 9.23. The highest BCUT2D eigenvalue weighted by atomic mass is 28.4. The van der Waals surface area contributed by atoms with E-state index >= 15 is 0 Å². The monoisotopic (exact) mass is 389 g/mol. The summed E-state index contributed by atoms with van der Waals surface area (Å²) in [6, 6.07) is 3.84. The Labute approximate surface area is 166 Å². The zero-order valence-electron chi connectivity index (χ0n) is 18.0. The molecule has 0 aliphatic heterocycles. The summed E-state index contributed by atoms with van der Waals surface area (Å²) >= 11 is 0. The average molecular weight is 390 g/mol. The van der Waals surface area contributed by atoms with Gasteiger partial charge in [0.05, 0.1) is 25.0 Å². The van der Waals surface area contributed by atoms with Crippen molar-refractivity contribution < 1.29 is 13.9 Å². The summed E-state index contributed by atoms with van der Waals surface area (Å²) in [4.78, 5) is 4.35. The van der Waals surface area contributed by atoms with Crippen molar-refractivity contribution in [2.45, 2.75) is 77.8 Å². The fraction of sp³-hybridized carbons (Fsp3) is 0.682. The van der Waals surface area contributed by atoms with Gasteiger partial charge in [-0.05, 0) is 61.9 Å². The molecule has 27 heavy (non-hydrogen) atoms. The molecule has 0 N–H and O–H groups in total. The molecule has 1 heterocycles. The van der Waals surface area contributed by atoms with Crippen LogP contribution in [0.2, 0.25) is 18.1 Å². The van der Waals surface area contributed by atoms with Crippen molar-refractivity contribution in [2.24, 2.45) is 5.92 Å². The minimum atomic E-state index is -1.73. The Bertz CT molecular complexity index is 649. The molecule has 1 aromatic rings. The Kier molecular flexibility index (Phi) is 7.50. The van der Waals surface area contributed by atoms with Crippen LogP contribution in [-0.2, 0) is 9.16 Å². The lowest BCUT2D eigenvalue weighted by Crippen LogP contribution is -2.42. The predicted octanol–water partition coefficient (Wildman–Crippen LogP) is 5.04. The summed E-state index contributed by atoms with van der Waals surface area (Å²) in [5, 5.41) is 0.213. The molecule has 0 aromatic carbocycles. The Morgan fingerprint density at radius 2 is 1.96 bits per heavy atom. The maximum atomic E-state index is 6.18. The molecule has 5 heteroatoms. The number of aromatic nitrogens is 1. The Morgan fingerprint density at radius 1 is 1.26 bits per heavy atom. The quantitative estimate of drug-likeness (QED) is 0.484. The lowest BCUT2D eigenvalue weighted by molar-refractivity contribution is 0.0477. The molecule has 0 radical (unpaired) electrons. The van der Waals surface area contributed by atoms with Gasteiger partial charge in [0.2, 0.25) is 0 Å². The molecule has 0 bridgehead atoms. The van der Waals surface area contributed by atoms with Crippen LogP contribution < -0.4 is 4.74 Å². The van der Waals surface area contributed by atoms with Crippen molar-refractivity contribution in [3.05, 3.63) is 24.0 Å². The van der Waals surface area contributed by atoms with Gasteiger partial charge >= 0.3 is 0 Å². The number of ether oxygens (including phenoxy) is 2. The van der Waals surface area contributed by atoms with Crippen molar-refractivity contribution in [1.29, 1.82) is 0 Å². The van der Waals surface area contributed by atoms with Crippen LogP contribution in [0.4, 0.5) is 0 Å². The van der Waals surface area contributed by atoms with Crippen LogP contribution in [0.25, 0.3) is 0 Å². The van der Waals surface area contributed by atoms with Crippen LogP contribution in [0.1, 0.15) is 53.2 Å². The standard InChI is InChI=1S/C22H35NO3Si/c1-17-13-21(14-17)26-20-11-10-19(23-15-20)9-8-12-24-18(2)16-25-27(6,7)22(3,4)5/h10-11,15,17-18,21H,12-14,16H2,1-7H3. The van der Waals surface area contributed by atoms with Gasteiger partial charge in [-0.15, -0.1) is 0 Å². The third kappa shape index (κ3) is 6.95. The number of pyridine rings is 1. The molecule has 2 rings (SSSR count). The van der Waals surface area contributed by atoms with Crippen molar-refractivity contribution in [2.75, 3.05) is 13.2 Å². The molecule has 0 amide bonds. The molecule has 1 aromatic heterocycles. The van der Waals surface area contributed by atoms with E-state index in [4.69, 9.17) is 13.9 Å². The molecule has 1 aliphatic rings. The molecule has 1 fully saturated rings. The van der Waals surface area contributed by atoms with Gasteiger partial charge in [0.1, 0.15) is 18.1 Å². The van der Waals surface area contributed by atoms with Crippen molar-refractivity contribution in [1.82, 2.24) is 4.98 Å². The Morgan fingerprint density at radius 3 is 2.52 bits per heavy atom. The minimum Gasteiger partial charge on any atom is -0.489 e. The first-order chi connectivity index (χ1) is 12.6. The van der Waals surface area contributed by atoms with Crippen LogP contribution >= 0.6 is 0 Å². The van der Waals surface area contributed by atoms with Gasteiger partial charge in [0.15, 0.2) is 8.32 Å². The van der Waals surface area contributed by atoms with Gasteiger partial charge in [-0.1, -0.05) is 33.6 Å². The van der Waals surface area contributed by atoms with E-state index in [0.29, 0.717) is 19.3 Å². The van der Waals surface area contributed by atoms with Gasteiger partial charge in [-0.25, -0.2) is 4.98 Å². The van der Waals surface area contributed by atoms with E-state index in [9.17, 15) is 0 Å². The zero-order chi connectivity index (χ0) is 20.1. The van der Waals surface area contributed by atoms with E-state index in [-0.39, 0.29) is 11.1 Å². The molecule has 1 aliphatic carbocycles. The first-order valence-corrected chi connectivity index (χ1v) is 12.8. The number of hydrogen-bond acceptors (Lipinski definition) is 4. The zero-order valence-corrected chi connectivity index (χ0v) is 19.0. The molecule has 0 saturated heterocycles. The van der Waals surface area contributed by atoms with E-state index in [1.54, 1.807) is 6.20 Å². The van der Waals surface area contributed by atoms with Crippen LogP contribution in [0.5, 0.6) is 5.75 Å². The molecule has 0 spiro atoms. The van der Waals surface area contributed by atoms with Crippen molar-refractivity contribution in [3.8, 4) is 17.6 Å². The highest BCUT2D eigenvalue weighted by molar-refractivity contribution is 6.74. The SMILES string of the molecule is CC1CC(Oc2ccc(C#CCOC(C)CO[Si](C)(C)C(C)(C)C)nc2)C1. The Hall–Kier alpha value is -1.35. The third-order valence-electron chi connectivity index (χ3n) is 5.51. The predicted molar refractivity (Wildman–Crippen MR) is 112 cm³/mol. The molecule has 1 saturated carbocycles. The van der Waals surface area contributed by atoms with Crippen LogP contribution in [-0.4, -0.2) is 38.7 Å². The number of nitrogens with zero attached hydrogens (tertiary/aromatic N) is 1. The maximum absolute atomic E-state index is 6.18. The average Bonchev–Trinajstić information content (AvgIpc) is 2.56. The maximum Gasteiger partial charge on any atom is 0.192 e. The molecular weight excluding hydrogens is 354 g/mol. The van der Waals surface area contributed by atoms with E-state index in [0.717, 1.165) is 30.2 Å². The molecule has 1 unspecified atom stereocenters. The first-order valence-electron chi connectivity index (χ1n) is 9.94. The van der Waals surface area contributed by atoms with Crippen LogP contribution in [0.3, 0.4) is 0 Å². The molecular formula is C22H35NO3Si. The van der Waals surface area contributed by atoms with E-state index in [1.165, 1.54) is 0 Å². The van der Waals surface area contributed by atoms with Crippen LogP contribution in [0, 0.1) is 17.8 Å². The van der Waals surface area contributed by atoms with Crippen molar-refractivity contribution in [3.63, 3.8) is 0 Å². The first kappa shape index (κ1) is 21.9. The fourth-order valence-corrected chi connectivity index (χ4v) is 3.63. The summed E-state index contributed by atoms with van der Waals surface area (Å²) in [6.07, 6.45) is 4.40. The Balaban J connectivity index is 1.70. The topological polar surface area (TPSA) is 40.6 Å². The summed E-state index contributed by atoms with van der Waals surface area (Å²) in [5.41, 5.74) is 0.734. The normalized spacial score (nSPS) is 21.0. The van der Waals surface area contributed by atoms with Gasteiger partial charge < -0.3 is 13.9 Å². The van der Waals surface area contributed by atoms with E-state index in [2.05, 4.69) is 57.6 Å². The lowest BCUT2D eigenvalue weighted by atomic mass is 9.84. The second-order valence-electron chi connectivity index (χ2n) is 9.19. The lowest BCUT2D eigenvalue weighted by Gasteiger charge is -2.36. The summed E-state index contributed by atoms with van der Waals surface area (Å²) in [7, 11) is -1.73. The highest BCUT2D eigenvalue weighted by Gasteiger charge is 2.37. The second-order valence-corrected chi connectivity index (χ2v) is 14.0. The van der Waals surface area contributed by atoms with E-state index < -0.39 is 8.32 Å². The largest absolute Gasteiger partial charge is 0.489 e. The van der Waals surface area contributed by atoms with Gasteiger partial charge in [-0.2, -0.15) is 0 Å².